The molecule has 10 heteroatoms. The number of carbonyl (C=O) groups excluding carboxylic acids is 4. The molecule has 0 saturated heterocycles. The molecule has 0 unspecified atom stereocenters. The Hall–Kier alpha value is -4.47. The van der Waals surface area contributed by atoms with E-state index in [4.69, 9.17) is 4.74 Å². The molecule has 2 heterocycles. The van der Waals surface area contributed by atoms with Crippen LogP contribution in [0, 0.1) is 6.92 Å². The number of amides is 3. The smallest absolute Gasteiger partial charge is 0.329 e. The number of imide groups is 1. The predicted octanol–water partition coefficient (Wildman–Crippen LogP) is 2.04. The summed E-state index contributed by atoms with van der Waals surface area (Å²) < 4.78 is 8.26. The molecule has 1 N–H and O–H groups in total. The summed E-state index contributed by atoms with van der Waals surface area (Å²) in [5, 5.41) is 2.54. The van der Waals surface area contributed by atoms with E-state index < -0.39 is 41.4 Å². The molecule has 2 atom stereocenters. The van der Waals surface area contributed by atoms with Gasteiger partial charge in [0, 0.05) is 7.05 Å². The Bertz CT molecular complexity index is 1370. The molecule has 2 aromatic carbocycles. The minimum Gasteiger partial charge on any atom is -0.451 e. The van der Waals surface area contributed by atoms with Gasteiger partial charge < -0.3 is 10.1 Å². The maximum absolute atomic E-state index is 13.0. The highest BCUT2D eigenvalue weighted by Gasteiger charge is 2.41. The van der Waals surface area contributed by atoms with E-state index in [1.165, 1.54) is 30.7 Å². The minimum absolute atomic E-state index is 0.0534. The Balaban J connectivity index is 1.47. The van der Waals surface area contributed by atoms with Crippen LogP contribution in [-0.2, 0) is 21.4 Å². The summed E-state index contributed by atoms with van der Waals surface area (Å²) in [5.41, 5.74) is 1.15. The molecule has 35 heavy (non-hydrogen) atoms. The molecule has 3 aromatic rings. The third kappa shape index (κ3) is 4.03. The summed E-state index contributed by atoms with van der Waals surface area (Å²) in [4.78, 5) is 64.5. The first-order valence-electron chi connectivity index (χ1n) is 11.0. The number of carbonyl (C=O) groups is 4. The van der Waals surface area contributed by atoms with Crippen molar-refractivity contribution < 1.29 is 23.9 Å². The van der Waals surface area contributed by atoms with Crippen LogP contribution in [0.4, 0.5) is 5.69 Å². The summed E-state index contributed by atoms with van der Waals surface area (Å²) in [6.07, 6.45) is -1.29. The van der Waals surface area contributed by atoms with E-state index in [0.717, 1.165) is 4.90 Å². The summed E-state index contributed by atoms with van der Waals surface area (Å²) in [6.45, 7) is 4.38. The van der Waals surface area contributed by atoms with Crippen molar-refractivity contribution in [1.82, 2.24) is 14.3 Å². The third-order valence-corrected chi connectivity index (χ3v) is 6.02. The van der Waals surface area contributed by atoms with Crippen molar-refractivity contribution in [3.8, 4) is 5.69 Å². The van der Waals surface area contributed by atoms with E-state index in [2.05, 4.69) is 5.32 Å². The molecule has 1 aromatic heterocycles. The van der Waals surface area contributed by atoms with Gasteiger partial charge in [0.15, 0.2) is 6.10 Å². The van der Waals surface area contributed by atoms with Crippen LogP contribution < -0.4 is 10.9 Å². The molecule has 4 rings (SSSR count). The number of rotatable bonds is 6. The fraction of sp³-hybridized carbons (Fsp3) is 0.240. The van der Waals surface area contributed by atoms with E-state index in [1.807, 2.05) is 6.07 Å². The Morgan fingerprint density at radius 2 is 1.43 bits per heavy atom. The highest BCUT2D eigenvalue weighted by atomic mass is 16.5. The van der Waals surface area contributed by atoms with Crippen molar-refractivity contribution in [2.45, 2.75) is 32.9 Å². The van der Waals surface area contributed by atoms with Crippen molar-refractivity contribution in [1.29, 1.82) is 0 Å². The van der Waals surface area contributed by atoms with Gasteiger partial charge in [-0.3, -0.25) is 28.8 Å². The van der Waals surface area contributed by atoms with Crippen LogP contribution in [0.15, 0.2) is 59.4 Å². The van der Waals surface area contributed by atoms with Gasteiger partial charge in [0.25, 0.3) is 23.3 Å². The van der Waals surface area contributed by atoms with Gasteiger partial charge in [0.1, 0.15) is 11.7 Å². The fourth-order valence-corrected chi connectivity index (χ4v) is 3.93. The molecule has 0 fully saturated rings. The van der Waals surface area contributed by atoms with Crippen LogP contribution in [0.2, 0.25) is 0 Å². The van der Waals surface area contributed by atoms with E-state index in [9.17, 15) is 24.0 Å². The standard InChI is InChI=1S/C25H24N4O6/c1-14-20(24(33)29(27(14)4)17-10-6-5-7-11-17)26-21(30)16(3)35-25(34)15(2)28-22(31)18-12-8-9-13-19(18)23(28)32/h5-13,15-16H,1-4H3,(H,26,30)/t15-,16+/m1/s1. The van der Waals surface area contributed by atoms with Crippen LogP contribution in [-0.4, -0.2) is 50.1 Å². The highest BCUT2D eigenvalue weighted by molar-refractivity contribution is 6.22. The minimum atomic E-state index is -1.29. The largest absolute Gasteiger partial charge is 0.451 e. The number of para-hydroxylation sites is 1. The van der Waals surface area contributed by atoms with Crippen molar-refractivity contribution in [2.24, 2.45) is 7.05 Å². The maximum Gasteiger partial charge on any atom is 0.329 e. The second kappa shape index (κ2) is 9.05. The van der Waals surface area contributed by atoms with Crippen molar-refractivity contribution >= 4 is 29.4 Å². The van der Waals surface area contributed by atoms with Gasteiger partial charge in [0.2, 0.25) is 0 Å². The van der Waals surface area contributed by atoms with E-state index in [-0.39, 0.29) is 16.8 Å². The first kappa shape index (κ1) is 23.7. The number of hydrogen-bond acceptors (Lipinski definition) is 6. The predicted molar refractivity (Wildman–Crippen MR) is 126 cm³/mol. The number of anilines is 1. The zero-order valence-electron chi connectivity index (χ0n) is 19.6. The fourth-order valence-electron chi connectivity index (χ4n) is 3.93. The van der Waals surface area contributed by atoms with Crippen LogP contribution in [0.1, 0.15) is 40.3 Å². The average Bonchev–Trinajstić information content (AvgIpc) is 3.23. The zero-order valence-corrected chi connectivity index (χ0v) is 19.6. The number of nitrogens with zero attached hydrogens (tertiary/aromatic N) is 3. The number of hydrogen-bond donors (Lipinski definition) is 1. The lowest BCUT2D eigenvalue weighted by atomic mass is 10.1. The van der Waals surface area contributed by atoms with Crippen molar-refractivity contribution in [2.75, 3.05) is 5.32 Å². The molecular formula is C25H24N4O6. The quantitative estimate of drug-likeness (QED) is 0.430. The van der Waals surface area contributed by atoms with Gasteiger partial charge in [-0.25, -0.2) is 9.48 Å². The normalized spacial score (nSPS) is 14.5. The number of nitrogens with one attached hydrogen (secondary N) is 1. The van der Waals surface area contributed by atoms with Crippen LogP contribution in [0.25, 0.3) is 5.69 Å². The molecule has 0 saturated carbocycles. The first-order valence-corrected chi connectivity index (χ1v) is 11.0. The van der Waals surface area contributed by atoms with Gasteiger partial charge >= 0.3 is 5.97 Å². The summed E-state index contributed by atoms with van der Waals surface area (Å²) in [6, 6.07) is 14.0. The van der Waals surface area contributed by atoms with Gasteiger partial charge in [-0.2, -0.15) is 0 Å². The molecule has 0 radical (unpaired) electrons. The maximum atomic E-state index is 13.0. The van der Waals surface area contributed by atoms with Crippen molar-refractivity contribution in [3.05, 3.63) is 81.8 Å². The Morgan fingerprint density at radius 1 is 0.886 bits per heavy atom. The van der Waals surface area contributed by atoms with Crippen LogP contribution in [0.5, 0.6) is 0 Å². The lowest BCUT2D eigenvalue weighted by Crippen LogP contribution is -2.45. The van der Waals surface area contributed by atoms with E-state index in [0.29, 0.717) is 11.4 Å². The van der Waals surface area contributed by atoms with Crippen LogP contribution >= 0.6 is 0 Å². The zero-order chi connectivity index (χ0) is 25.4. The Labute approximate surface area is 200 Å². The second-order valence-electron chi connectivity index (χ2n) is 8.21. The Morgan fingerprint density at radius 3 is 2.00 bits per heavy atom. The average molecular weight is 476 g/mol. The second-order valence-corrected chi connectivity index (χ2v) is 8.21. The van der Waals surface area contributed by atoms with Gasteiger partial charge in [-0.15, -0.1) is 0 Å². The van der Waals surface area contributed by atoms with Crippen LogP contribution in [0.3, 0.4) is 0 Å². The number of esters is 1. The van der Waals surface area contributed by atoms with Gasteiger partial charge in [-0.1, -0.05) is 30.3 Å². The molecule has 0 bridgehead atoms. The van der Waals surface area contributed by atoms with Crippen molar-refractivity contribution in [3.63, 3.8) is 0 Å². The molecular weight excluding hydrogens is 452 g/mol. The molecule has 1 aliphatic rings. The lowest BCUT2D eigenvalue weighted by Gasteiger charge is -2.22. The molecule has 180 valence electrons. The summed E-state index contributed by atoms with van der Waals surface area (Å²) >= 11 is 0. The summed E-state index contributed by atoms with van der Waals surface area (Å²) in [7, 11) is 1.69. The Kier molecular flexibility index (Phi) is 6.12. The molecule has 0 aliphatic carbocycles. The topological polar surface area (TPSA) is 120 Å². The summed E-state index contributed by atoms with van der Waals surface area (Å²) in [5.74, 6) is -2.85. The molecule has 10 nitrogen and oxygen atoms in total. The molecule has 3 amide bonds. The number of aromatic nitrogens is 2. The van der Waals surface area contributed by atoms with E-state index >= 15 is 0 Å². The SMILES string of the molecule is Cc1c(NC(=O)[C@H](C)OC(=O)[C@@H](C)N2C(=O)c3ccccc3C2=O)c(=O)n(-c2ccccc2)n1C. The van der Waals surface area contributed by atoms with Gasteiger partial charge in [-0.05, 0) is 45.0 Å². The number of ether oxygens (including phenoxy) is 1. The first-order chi connectivity index (χ1) is 16.6. The monoisotopic (exact) mass is 476 g/mol. The number of benzene rings is 2. The third-order valence-electron chi connectivity index (χ3n) is 6.02. The molecule has 1 aliphatic heterocycles. The highest BCUT2D eigenvalue weighted by Crippen LogP contribution is 2.25. The molecule has 0 spiro atoms. The lowest BCUT2D eigenvalue weighted by molar-refractivity contribution is -0.156. The van der Waals surface area contributed by atoms with E-state index in [1.54, 1.807) is 55.1 Å². The number of fused-ring (bicyclic) bond motifs is 1. The van der Waals surface area contributed by atoms with Gasteiger partial charge in [0.05, 0.1) is 22.5 Å².